The predicted octanol–water partition coefficient (Wildman–Crippen LogP) is 2.07. The summed E-state index contributed by atoms with van der Waals surface area (Å²) < 4.78 is 0. The standard InChI is InChI=1S/C17H21N3O4/c1-13(21)18-8-3-6-17(11-18)7-9-19(12-17)16(22)14-4-2-5-15(10-14)20(23)24/h2,4-5,10H,3,6-9,11-12H2,1H3. The molecule has 2 heterocycles. The van der Waals surface area contributed by atoms with Gasteiger partial charge in [0, 0.05) is 56.2 Å². The Morgan fingerprint density at radius 1 is 1.17 bits per heavy atom. The molecule has 2 saturated heterocycles. The summed E-state index contributed by atoms with van der Waals surface area (Å²) in [4.78, 5) is 38.4. The monoisotopic (exact) mass is 331 g/mol. The molecule has 1 aromatic rings. The van der Waals surface area contributed by atoms with E-state index in [1.54, 1.807) is 17.9 Å². The van der Waals surface area contributed by atoms with Gasteiger partial charge in [-0.1, -0.05) is 6.07 Å². The molecule has 0 N–H and O–H groups in total. The molecule has 0 aromatic heterocycles. The average Bonchev–Trinajstić information content (AvgIpc) is 2.97. The van der Waals surface area contributed by atoms with Crippen molar-refractivity contribution in [2.75, 3.05) is 26.2 Å². The van der Waals surface area contributed by atoms with Crippen LogP contribution >= 0.6 is 0 Å². The van der Waals surface area contributed by atoms with Gasteiger partial charge < -0.3 is 9.80 Å². The molecular weight excluding hydrogens is 310 g/mol. The summed E-state index contributed by atoms with van der Waals surface area (Å²) in [7, 11) is 0. The smallest absolute Gasteiger partial charge is 0.270 e. The Balaban J connectivity index is 1.73. The minimum Gasteiger partial charge on any atom is -0.342 e. The number of likely N-dealkylation sites (tertiary alicyclic amines) is 2. The lowest BCUT2D eigenvalue weighted by atomic mass is 9.79. The number of non-ortho nitro benzene ring substituents is 1. The topological polar surface area (TPSA) is 83.8 Å². The highest BCUT2D eigenvalue weighted by Gasteiger charge is 2.43. The van der Waals surface area contributed by atoms with Gasteiger partial charge in [-0.25, -0.2) is 0 Å². The van der Waals surface area contributed by atoms with Gasteiger partial charge >= 0.3 is 0 Å². The highest BCUT2D eigenvalue weighted by Crippen LogP contribution is 2.39. The number of amides is 2. The van der Waals surface area contributed by atoms with Crippen LogP contribution in [-0.4, -0.2) is 52.7 Å². The minimum absolute atomic E-state index is 0.0275. The first-order valence-corrected chi connectivity index (χ1v) is 8.19. The molecule has 3 rings (SSSR count). The van der Waals surface area contributed by atoms with Gasteiger partial charge in [0.15, 0.2) is 0 Å². The Morgan fingerprint density at radius 3 is 2.62 bits per heavy atom. The maximum Gasteiger partial charge on any atom is 0.270 e. The third-order valence-electron chi connectivity index (χ3n) is 5.14. The first-order chi connectivity index (χ1) is 11.4. The normalized spacial score (nSPS) is 23.5. The van der Waals surface area contributed by atoms with Crippen molar-refractivity contribution in [2.24, 2.45) is 5.41 Å². The number of rotatable bonds is 2. The van der Waals surface area contributed by atoms with E-state index in [0.717, 1.165) is 25.8 Å². The van der Waals surface area contributed by atoms with Crippen LogP contribution in [0.4, 0.5) is 5.69 Å². The lowest BCUT2D eigenvalue weighted by Gasteiger charge is -2.40. The van der Waals surface area contributed by atoms with E-state index >= 15 is 0 Å². The largest absolute Gasteiger partial charge is 0.342 e. The zero-order valence-corrected chi connectivity index (χ0v) is 13.7. The van der Waals surface area contributed by atoms with Crippen molar-refractivity contribution in [1.82, 2.24) is 9.80 Å². The van der Waals surface area contributed by atoms with Gasteiger partial charge in [0.2, 0.25) is 5.91 Å². The summed E-state index contributed by atoms with van der Waals surface area (Å²) >= 11 is 0. The van der Waals surface area contributed by atoms with E-state index in [9.17, 15) is 19.7 Å². The fourth-order valence-corrected chi connectivity index (χ4v) is 3.85. The maximum absolute atomic E-state index is 12.7. The van der Waals surface area contributed by atoms with Crippen LogP contribution in [-0.2, 0) is 4.79 Å². The molecule has 2 aliphatic heterocycles. The van der Waals surface area contributed by atoms with Crippen LogP contribution in [0.25, 0.3) is 0 Å². The van der Waals surface area contributed by atoms with E-state index < -0.39 is 4.92 Å². The van der Waals surface area contributed by atoms with Gasteiger partial charge in [-0.15, -0.1) is 0 Å². The Hall–Kier alpha value is -2.44. The molecule has 2 amide bonds. The number of nitro groups is 1. The summed E-state index contributed by atoms with van der Waals surface area (Å²) in [6, 6.07) is 5.86. The van der Waals surface area contributed by atoms with Crippen LogP contribution in [0.5, 0.6) is 0 Å². The molecule has 1 atom stereocenters. The number of carbonyl (C=O) groups excluding carboxylic acids is 2. The fourth-order valence-electron chi connectivity index (χ4n) is 3.85. The van der Waals surface area contributed by atoms with Crippen LogP contribution < -0.4 is 0 Å². The Morgan fingerprint density at radius 2 is 1.92 bits per heavy atom. The summed E-state index contributed by atoms with van der Waals surface area (Å²) in [6.07, 6.45) is 2.84. The molecule has 0 aliphatic carbocycles. The van der Waals surface area contributed by atoms with Crippen molar-refractivity contribution in [3.05, 3.63) is 39.9 Å². The van der Waals surface area contributed by atoms with E-state index in [0.29, 0.717) is 25.2 Å². The van der Waals surface area contributed by atoms with Gasteiger partial charge in [0.05, 0.1) is 4.92 Å². The molecule has 2 fully saturated rings. The lowest BCUT2D eigenvalue weighted by molar-refractivity contribution is -0.384. The fraction of sp³-hybridized carbons (Fsp3) is 0.529. The number of nitrogens with zero attached hydrogens (tertiary/aromatic N) is 3. The zero-order chi connectivity index (χ0) is 17.3. The van der Waals surface area contributed by atoms with Gasteiger partial charge in [0.1, 0.15) is 0 Å². The molecule has 0 radical (unpaired) electrons. The van der Waals surface area contributed by atoms with Crippen molar-refractivity contribution in [1.29, 1.82) is 0 Å². The van der Waals surface area contributed by atoms with Gasteiger partial charge in [-0.05, 0) is 25.3 Å². The SMILES string of the molecule is CC(=O)N1CCCC2(CCN(C(=O)c3cccc([N+](=O)[O-])c3)C2)C1. The third kappa shape index (κ3) is 3.11. The molecule has 7 nitrogen and oxygen atoms in total. The summed E-state index contributed by atoms with van der Waals surface area (Å²) in [6.45, 7) is 4.31. The van der Waals surface area contributed by atoms with Crippen molar-refractivity contribution in [3.8, 4) is 0 Å². The van der Waals surface area contributed by atoms with Gasteiger partial charge in [0.25, 0.3) is 11.6 Å². The number of piperidine rings is 1. The molecule has 1 spiro atoms. The predicted molar refractivity (Wildman–Crippen MR) is 87.5 cm³/mol. The first-order valence-electron chi connectivity index (χ1n) is 8.19. The number of hydrogen-bond acceptors (Lipinski definition) is 4. The zero-order valence-electron chi connectivity index (χ0n) is 13.7. The molecule has 1 unspecified atom stereocenters. The van der Waals surface area contributed by atoms with Gasteiger partial charge in [-0.2, -0.15) is 0 Å². The molecule has 1 aromatic carbocycles. The second-order valence-corrected chi connectivity index (χ2v) is 6.83. The molecule has 0 saturated carbocycles. The second kappa shape index (κ2) is 6.22. The summed E-state index contributed by atoms with van der Waals surface area (Å²) in [5.41, 5.74) is 0.246. The summed E-state index contributed by atoms with van der Waals surface area (Å²) in [5.74, 6) is -0.0898. The van der Waals surface area contributed by atoms with E-state index in [4.69, 9.17) is 0 Å². The first kappa shape index (κ1) is 16.4. The number of benzene rings is 1. The van der Waals surface area contributed by atoms with Crippen LogP contribution in [0.15, 0.2) is 24.3 Å². The molecule has 0 bridgehead atoms. The Kier molecular flexibility index (Phi) is 4.26. The Bertz CT molecular complexity index is 690. The second-order valence-electron chi connectivity index (χ2n) is 6.83. The lowest BCUT2D eigenvalue weighted by Crippen LogP contribution is -2.47. The van der Waals surface area contributed by atoms with Crippen LogP contribution in [0.2, 0.25) is 0 Å². The van der Waals surface area contributed by atoms with Crippen LogP contribution in [0.3, 0.4) is 0 Å². The van der Waals surface area contributed by atoms with E-state index in [-0.39, 0.29) is 22.9 Å². The molecule has 7 heteroatoms. The van der Waals surface area contributed by atoms with Crippen LogP contribution in [0, 0.1) is 15.5 Å². The molecule has 128 valence electrons. The van der Waals surface area contributed by atoms with Crippen molar-refractivity contribution in [3.63, 3.8) is 0 Å². The van der Waals surface area contributed by atoms with Crippen LogP contribution in [0.1, 0.15) is 36.5 Å². The van der Waals surface area contributed by atoms with E-state index in [2.05, 4.69) is 0 Å². The average molecular weight is 331 g/mol. The molecular formula is C17H21N3O4. The minimum atomic E-state index is -0.492. The maximum atomic E-state index is 12.7. The molecule has 2 aliphatic rings. The van der Waals surface area contributed by atoms with Gasteiger partial charge in [-0.3, -0.25) is 19.7 Å². The van der Waals surface area contributed by atoms with E-state index in [1.807, 2.05) is 4.90 Å². The molecule has 24 heavy (non-hydrogen) atoms. The van der Waals surface area contributed by atoms with Crippen molar-refractivity contribution < 1.29 is 14.5 Å². The number of hydrogen-bond donors (Lipinski definition) is 0. The highest BCUT2D eigenvalue weighted by molar-refractivity contribution is 5.95. The number of carbonyl (C=O) groups is 2. The third-order valence-corrected chi connectivity index (χ3v) is 5.14. The van der Waals surface area contributed by atoms with Crippen molar-refractivity contribution >= 4 is 17.5 Å². The van der Waals surface area contributed by atoms with Crippen molar-refractivity contribution in [2.45, 2.75) is 26.2 Å². The highest BCUT2D eigenvalue weighted by atomic mass is 16.6. The summed E-state index contributed by atoms with van der Waals surface area (Å²) in [5, 5.41) is 10.9. The Labute approximate surface area is 140 Å². The van der Waals surface area contributed by atoms with E-state index in [1.165, 1.54) is 18.2 Å². The quantitative estimate of drug-likeness (QED) is 0.613. The number of nitro benzene ring substituents is 1.